The molecule has 4 aromatic rings. The van der Waals surface area contributed by atoms with Gasteiger partial charge >= 0.3 is 0 Å². The van der Waals surface area contributed by atoms with Gasteiger partial charge in [-0.25, -0.2) is 0 Å². The Morgan fingerprint density at radius 3 is 2.73 bits per heavy atom. The fraction of sp³-hybridized carbons (Fsp3) is 0.118. The average Bonchev–Trinajstić information content (AvgIpc) is 2.97. The van der Waals surface area contributed by atoms with Crippen LogP contribution in [0.2, 0.25) is 0 Å². The lowest BCUT2D eigenvalue weighted by Gasteiger charge is -2.07. The zero-order valence-corrected chi connectivity index (χ0v) is 12.9. The van der Waals surface area contributed by atoms with Crippen LogP contribution in [0.3, 0.4) is 0 Å². The summed E-state index contributed by atoms with van der Waals surface area (Å²) in [5.41, 5.74) is 4.50. The molecule has 0 fully saturated rings. The second kappa shape index (κ2) is 5.42. The molecule has 4 nitrogen and oxygen atoms in total. The summed E-state index contributed by atoms with van der Waals surface area (Å²) in [6.45, 7) is 2.11. The predicted octanol–water partition coefficient (Wildman–Crippen LogP) is 3.88. The first kappa shape index (κ1) is 13.3. The van der Waals surface area contributed by atoms with Gasteiger partial charge in [0.1, 0.15) is 0 Å². The number of para-hydroxylation sites is 1. The minimum atomic E-state index is 0.853. The third-order valence-corrected chi connectivity index (χ3v) is 4.69. The zero-order valence-electron chi connectivity index (χ0n) is 12.1. The van der Waals surface area contributed by atoms with Gasteiger partial charge in [0.25, 0.3) is 0 Å². The normalized spacial score (nSPS) is 11.3. The van der Waals surface area contributed by atoms with Crippen LogP contribution in [-0.2, 0) is 5.75 Å². The van der Waals surface area contributed by atoms with Gasteiger partial charge in [-0.1, -0.05) is 30.0 Å². The molecule has 3 aromatic heterocycles. The standard InChI is InChI=1S/C17H14N4S/c1-12-10-16-19-20-17(22-11-13-6-8-18-9-7-13)21(16)15-5-3-2-4-14(12)15/h2-10H,11H2,1H3. The Balaban J connectivity index is 1.80. The van der Waals surface area contributed by atoms with Crippen LogP contribution in [0.1, 0.15) is 11.1 Å². The minimum Gasteiger partial charge on any atom is -0.270 e. The number of pyridine rings is 2. The van der Waals surface area contributed by atoms with E-state index in [4.69, 9.17) is 0 Å². The van der Waals surface area contributed by atoms with Crippen molar-refractivity contribution in [2.45, 2.75) is 17.8 Å². The molecule has 5 heteroatoms. The summed E-state index contributed by atoms with van der Waals surface area (Å²) in [5.74, 6) is 0.853. The molecule has 108 valence electrons. The van der Waals surface area contributed by atoms with Gasteiger partial charge in [-0.05, 0) is 42.3 Å². The summed E-state index contributed by atoms with van der Waals surface area (Å²) >= 11 is 1.69. The van der Waals surface area contributed by atoms with Crippen molar-refractivity contribution in [2.24, 2.45) is 0 Å². The van der Waals surface area contributed by atoms with Gasteiger partial charge in [0.15, 0.2) is 10.8 Å². The molecule has 0 bridgehead atoms. The summed E-state index contributed by atoms with van der Waals surface area (Å²) in [4.78, 5) is 4.05. The Morgan fingerprint density at radius 1 is 1.05 bits per heavy atom. The molecule has 0 amide bonds. The maximum absolute atomic E-state index is 4.36. The molecule has 0 atom stereocenters. The molecule has 4 rings (SSSR count). The molecule has 3 heterocycles. The number of aryl methyl sites for hydroxylation is 1. The first-order valence-electron chi connectivity index (χ1n) is 7.08. The van der Waals surface area contributed by atoms with E-state index in [0.717, 1.165) is 22.1 Å². The van der Waals surface area contributed by atoms with Crippen molar-refractivity contribution in [1.82, 2.24) is 19.6 Å². The van der Waals surface area contributed by atoms with E-state index in [1.807, 2.05) is 24.5 Å². The first-order valence-corrected chi connectivity index (χ1v) is 8.07. The van der Waals surface area contributed by atoms with Crippen LogP contribution in [0.4, 0.5) is 0 Å². The van der Waals surface area contributed by atoms with Gasteiger partial charge in [-0.2, -0.15) is 0 Å². The SMILES string of the molecule is Cc1cc2nnc(SCc3ccncc3)n2c2ccccc12. The fourth-order valence-corrected chi connectivity index (χ4v) is 3.50. The van der Waals surface area contributed by atoms with E-state index in [9.17, 15) is 0 Å². The number of fused-ring (bicyclic) bond motifs is 3. The molecule has 0 aliphatic carbocycles. The van der Waals surface area contributed by atoms with Gasteiger partial charge in [0.05, 0.1) is 5.52 Å². The van der Waals surface area contributed by atoms with Crippen molar-refractivity contribution in [2.75, 3.05) is 0 Å². The van der Waals surface area contributed by atoms with Gasteiger partial charge in [0, 0.05) is 23.5 Å². The molecular formula is C17H14N4S. The van der Waals surface area contributed by atoms with Crippen molar-refractivity contribution in [3.8, 4) is 0 Å². The first-order chi connectivity index (χ1) is 10.8. The molecule has 1 aromatic carbocycles. The van der Waals surface area contributed by atoms with Gasteiger partial charge < -0.3 is 0 Å². The highest BCUT2D eigenvalue weighted by Gasteiger charge is 2.11. The number of thioether (sulfide) groups is 1. The lowest BCUT2D eigenvalue weighted by molar-refractivity contribution is 0.939. The van der Waals surface area contributed by atoms with Crippen LogP contribution in [0, 0.1) is 6.92 Å². The van der Waals surface area contributed by atoms with E-state index in [0.29, 0.717) is 0 Å². The van der Waals surface area contributed by atoms with E-state index >= 15 is 0 Å². The molecule has 0 spiro atoms. The molecule has 0 radical (unpaired) electrons. The summed E-state index contributed by atoms with van der Waals surface area (Å²) in [5, 5.41) is 10.8. The number of benzene rings is 1. The molecule has 0 unspecified atom stereocenters. The van der Waals surface area contributed by atoms with Crippen LogP contribution in [0.25, 0.3) is 16.6 Å². The third-order valence-electron chi connectivity index (χ3n) is 3.69. The highest BCUT2D eigenvalue weighted by atomic mass is 32.2. The predicted molar refractivity (Wildman–Crippen MR) is 89.0 cm³/mol. The Bertz CT molecular complexity index is 947. The number of rotatable bonds is 3. The van der Waals surface area contributed by atoms with Crippen molar-refractivity contribution in [3.05, 3.63) is 66.0 Å². The Labute approximate surface area is 132 Å². The lowest BCUT2D eigenvalue weighted by atomic mass is 10.1. The Morgan fingerprint density at radius 2 is 1.86 bits per heavy atom. The maximum atomic E-state index is 4.36. The smallest absolute Gasteiger partial charge is 0.196 e. The van der Waals surface area contributed by atoms with Gasteiger partial charge in [0.2, 0.25) is 0 Å². The van der Waals surface area contributed by atoms with Crippen molar-refractivity contribution in [3.63, 3.8) is 0 Å². The van der Waals surface area contributed by atoms with E-state index in [-0.39, 0.29) is 0 Å². The Kier molecular flexibility index (Phi) is 3.27. The average molecular weight is 306 g/mol. The van der Waals surface area contributed by atoms with Gasteiger partial charge in [-0.15, -0.1) is 10.2 Å². The quantitative estimate of drug-likeness (QED) is 0.539. The van der Waals surface area contributed by atoms with E-state index < -0.39 is 0 Å². The zero-order chi connectivity index (χ0) is 14.9. The molecule has 0 saturated heterocycles. The van der Waals surface area contributed by atoms with Crippen LogP contribution < -0.4 is 0 Å². The fourth-order valence-electron chi connectivity index (χ4n) is 2.60. The molecule has 0 aliphatic rings. The van der Waals surface area contributed by atoms with E-state index in [2.05, 4.69) is 56.8 Å². The molecule has 22 heavy (non-hydrogen) atoms. The molecule has 0 N–H and O–H groups in total. The van der Waals surface area contributed by atoms with Crippen molar-refractivity contribution in [1.29, 1.82) is 0 Å². The monoisotopic (exact) mass is 306 g/mol. The van der Waals surface area contributed by atoms with Crippen LogP contribution in [0.15, 0.2) is 60.0 Å². The largest absolute Gasteiger partial charge is 0.270 e. The Hall–Kier alpha value is -2.40. The van der Waals surface area contributed by atoms with E-state index in [1.54, 1.807) is 11.8 Å². The number of hydrogen-bond acceptors (Lipinski definition) is 4. The summed E-state index contributed by atoms with van der Waals surface area (Å²) in [7, 11) is 0. The third kappa shape index (κ3) is 2.23. The minimum absolute atomic E-state index is 0.853. The summed E-state index contributed by atoms with van der Waals surface area (Å²) < 4.78 is 2.13. The van der Waals surface area contributed by atoms with Crippen LogP contribution in [0.5, 0.6) is 0 Å². The highest BCUT2D eigenvalue weighted by Crippen LogP contribution is 2.27. The van der Waals surface area contributed by atoms with Crippen molar-refractivity contribution < 1.29 is 0 Å². The number of nitrogens with zero attached hydrogens (tertiary/aromatic N) is 4. The van der Waals surface area contributed by atoms with Crippen molar-refractivity contribution >= 4 is 28.3 Å². The lowest BCUT2D eigenvalue weighted by Crippen LogP contribution is -1.93. The second-order valence-corrected chi connectivity index (χ2v) is 6.11. The molecular weight excluding hydrogens is 292 g/mol. The second-order valence-electron chi connectivity index (χ2n) is 5.16. The topological polar surface area (TPSA) is 43.1 Å². The summed E-state index contributed by atoms with van der Waals surface area (Å²) in [6, 6.07) is 14.5. The highest BCUT2D eigenvalue weighted by molar-refractivity contribution is 7.98. The van der Waals surface area contributed by atoms with Crippen LogP contribution >= 0.6 is 11.8 Å². The maximum Gasteiger partial charge on any atom is 0.196 e. The van der Waals surface area contributed by atoms with Gasteiger partial charge in [-0.3, -0.25) is 9.38 Å². The number of hydrogen-bond donors (Lipinski definition) is 0. The summed E-state index contributed by atoms with van der Waals surface area (Å²) in [6.07, 6.45) is 3.63. The van der Waals surface area contributed by atoms with Crippen LogP contribution in [-0.4, -0.2) is 19.6 Å². The van der Waals surface area contributed by atoms with E-state index in [1.165, 1.54) is 16.5 Å². The molecule has 0 aliphatic heterocycles. The number of aromatic nitrogens is 4. The molecule has 0 saturated carbocycles.